The van der Waals surface area contributed by atoms with Crippen molar-refractivity contribution in [2.24, 2.45) is 0 Å². The second-order valence-electron chi connectivity index (χ2n) is 7.79. The fourth-order valence-electron chi connectivity index (χ4n) is 3.87. The number of aromatic nitrogens is 2. The van der Waals surface area contributed by atoms with E-state index in [1.165, 1.54) is 11.3 Å². The average molecular weight is 440 g/mol. The summed E-state index contributed by atoms with van der Waals surface area (Å²) in [6.45, 7) is 6.89. The van der Waals surface area contributed by atoms with Gasteiger partial charge in [0.15, 0.2) is 9.84 Å². The van der Waals surface area contributed by atoms with E-state index in [1.54, 1.807) is 4.90 Å². The number of rotatable bonds is 3. The number of carbonyl (C=O) groups is 1. The minimum atomic E-state index is -3.01. The molecule has 0 saturated carbocycles. The number of nitrogens with zero attached hydrogens (tertiary/aromatic N) is 3. The molecule has 2 aliphatic rings. The zero-order chi connectivity index (χ0) is 20.8. The maximum Gasteiger partial charge on any atom is 0.317 e. The standard InChI is InChI=1S/C18H25N5O4S2/c1-11-12(2)28-17-15(11)16(24)20-14(21-17)9-22-4-6-23(7-5-22)18(25)19-13-3-8-29(26,27)10-13/h13H,3-10H2,1-2H3,(H,19,25)(H,20,21,24). The molecule has 158 valence electrons. The van der Waals surface area contributed by atoms with Gasteiger partial charge >= 0.3 is 6.03 Å². The van der Waals surface area contributed by atoms with Gasteiger partial charge in [-0.05, 0) is 25.8 Å². The van der Waals surface area contributed by atoms with Crippen molar-refractivity contribution >= 4 is 37.4 Å². The Morgan fingerprint density at radius 3 is 2.66 bits per heavy atom. The summed E-state index contributed by atoms with van der Waals surface area (Å²) in [5, 5.41) is 3.51. The molecule has 0 radical (unpaired) electrons. The van der Waals surface area contributed by atoms with Crippen LogP contribution in [0.4, 0.5) is 4.79 Å². The van der Waals surface area contributed by atoms with Crippen LogP contribution in [0.3, 0.4) is 0 Å². The molecule has 0 spiro atoms. The SMILES string of the molecule is Cc1sc2nc(CN3CCN(C(=O)NC4CCS(=O)(=O)C4)CC3)[nH]c(=O)c2c1C. The van der Waals surface area contributed by atoms with Gasteiger partial charge in [0.1, 0.15) is 10.7 Å². The van der Waals surface area contributed by atoms with Crippen molar-refractivity contribution in [1.82, 2.24) is 25.1 Å². The summed E-state index contributed by atoms with van der Waals surface area (Å²) in [5.41, 5.74) is 0.886. The van der Waals surface area contributed by atoms with Crippen LogP contribution in [-0.2, 0) is 16.4 Å². The molecule has 4 heterocycles. The lowest BCUT2D eigenvalue weighted by Crippen LogP contribution is -2.53. The first-order valence-electron chi connectivity index (χ1n) is 9.69. The van der Waals surface area contributed by atoms with Gasteiger partial charge < -0.3 is 15.2 Å². The Morgan fingerprint density at radius 1 is 1.28 bits per heavy atom. The maximum atomic E-state index is 12.4. The highest BCUT2D eigenvalue weighted by Crippen LogP contribution is 2.25. The summed E-state index contributed by atoms with van der Waals surface area (Å²) in [7, 11) is -3.01. The highest BCUT2D eigenvalue weighted by atomic mass is 32.2. The van der Waals surface area contributed by atoms with Crippen LogP contribution in [0.15, 0.2) is 4.79 Å². The number of aryl methyl sites for hydroxylation is 2. The van der Waals surface area contributed by atoms with Crippen molar-refractivity contribution in [2.75, 3.05) is 37.7 Å². The average Bonchev–Trinajstić information content (AvgIpc) is 3.14. The van der Waals surface area contributed by atoms with E-state index < -0.39 is 9.84 Å². The number of nitrogens with one attached hydrogen (secondary N) is 2. The molecule has 2 aliphatic heterocycles. The molecule has 2 aromatic rings. The first kappa shape index (κ1) is 20.3. The molecule has 2 aromatic heterocycles. The molecule has 11 heteroatoms. The zero-order valence-electron chi connectivity index (χ0n) is 16.5. The molecule has 2 amide bonds. The van der Waals surface area contributed by atoms with Gasteiger partial charge in [-0.25, -0.2) is 18.2 Å². The van der Waals surface area contributed by atoms with E-state index in [0.717, 1.165) is 15.3 Å². The van der Waals surface area contributed by atoms with E-state index in [9.17, 15) is 18.0 Å². The Bertz CT molecular complexity index is 1100. The lowest BCUT2D eigenvalue weighted by Gasteiger charge is -2.34. The number of urea groups is 1. The molecule has 0 bridgehead atoms. The molecule has 4 rings (SSSR count). The van der Waals surface area contributed by atoms with Crippen molar-refractivity contribution in [3.05, 3.63) is 26.6 Å². The van der Waals surface area contributed by atoms with Crippen molar-refractivity contribution < 1.29 is 13.2 Å². The zero-order valence-corrected chi connectivity index (χ0v) is 18.2. The van der Waals surface area contributed by atoms with Crippen molar-refractivity contribution in [3.63, 3.8) is 0 Å². The topological polar surface area (TPSA) is 115 Å². The smallest absolute Gasteiger partial charge is 0.317 e. The third kappa shape index (κ3) is 4.31. The predicted octanol–water partition coefficient (Wildman–Crippen LogP) is 0.616. The molecule has 29 heavy (non-hydrogen) atoms. The molecule has 2 fully saturated rings. The molecule has 0 aliphatic carbocycles. The highest BCUT2D eigenvalue weighted by molar-refractivity contribution is 7.91. The number of amides is 2. The highest BCUT2D eigenvalue weighted by Gasteiger charge is 2.31. The lowest BCUT2D eigenvalue weighted by molar-refractivity contribution is 0.132. The first-order chi connectivity index (χ1) is 13.7. The summed E-state index contributed by atoms with van der Waals surface area (Å²) < 4.78 is 23.1. The van der Waals surface area contributed by atoms with Gasteiger partial charge in [-0.3, -0.25) is 9.69 Å². The van der Waals surface area contributed by atoms with Gasteiger partial charge in [0.25, 0.3) is 5.56 Å². The summed E-state index contributed by atoms with van der Waals surface area (Å²) in [6, 6.07) is -0.492. The van der Waals surface area contributed by atoms with Crippen LogP contribution >= 0.6 is 11.3 Å². The minimum Gasteiger partial charge on any atom is -0.334 e. The third-order valence-corrected chi connectivity index (χ3v) is 8.55. The van der Waals surface area contributed by atoms with E-state index in [2.05, 4.69) is 20.2 Å². The number of fused-ring (bicyclic) bond motifs is 1. The van der Waals surface area contributed by atoms with Crippen LogP contribution in [-0.4, -0.2) is 77.9 Å². The Kier molecular flexibility index (Phi) is 5.38. The number of hydrogen-bond acceptors (Lipinski definition) is 7. The van der Waals surface area contributed by atoms with E-state index >= 15 is 0 Å². The van der Waals surface area contributed by atoms with Crippen LogP contribution in [0, 0.1) is 13.8 Å². The quantitative estimate of drug-likeness (QED) is 0.724. The Morgan fingerprint density at radius 2 is 2.00 bits per heavy atom. The Balaban J connectivity index is 1.34. The van der Waals surface area contributed by atoms with Crippen molar-refractivity contribution in [3.8, 4) is 0 Å². The number of aromatic amines is 1. The van der Waals surface area contributed by atoms with Crippen LogP contribution in [0.25, 0.3) is 10.2 Å². The van der Waals surface area contributed by atoms with Crippen LogP contribution in [0.1, 0.15) is 22.7 Å². The number of hydrogen-bond donors (Lipinski definition) is 2. The molecule has 9 nitrogen and oxygen atoms in total. The number of thiophene rings is 1. The van der Waals surface area contributed by atoms with Crippen molar-refractivity contribution in [1.29, 1.82) is 0 Å². The summed E-state index contributed by atoms with van der Waals surface area (Å²) in [6.07, 6.45) is 0.483. The number of piperazine rings is 1. The molecule has 2 N–H and O–H groups in total. The van der Waals surface area contributed by atoms with Crippen molar-refractivity contribution in [2.45, 2.75) is 32.9 Å². The Hall–Kier alpha value is -1.98. The van der Waals surface area contributed by atoms with Crippen LogP contribution < -0.4 is 10.9 Å². The molecular weight excluding hydrogens is 414 g/mol. The number of carbonyl (C=O) groups excluding carboxylic acids is 1. The third-order valence-electron chi connectivity index (χ3n) is 5.68. The van der Waals surface area contributed by atoms with Gasteiger partial charge in [-0.15, -0.1) is 11.3 Å². The van der Waals surface area contributed by atoms with Gasteiger partial charge in [-0.2, -0.15) is 0 Å². The lowest BCUT2D eigenvalue weighted by atomic mass is 10.2. The van der Waals surface area contributed by atoms with E-state index in [4.69, 9.17) is 0 Å². The van der Waals surface area contributed by atoms with Gasteiger partial charge in [0.05, 0.1) is 23.4 Å². The van der Waals surface area contributed by atoms with Crippen LogP contribution in [0.5, 0.6) is 0 Å². The second kappa shape index (κ2) is 7.69. The largest absolute Gasteiger partial charge is 0.334 e. The van der Waals surface area contributed by atoms with E-state index in [-0.39, 0.29) is 29.1 Å². The monoisotopic (exact) mass is 439 g/mol. The summed E-state index contributed by atoms with van der Waals surface area (Å²) >= 11 is 1.53. The van der Waals surface area contributed by atoms with Gasteiger partial charge in [0, 0.05) is 37.1 Å². The van der Waals surface area contributed by atoms with Gasteiger partial charge in [0.2, 0.25) is 0 Å². The molecule has 0 aromatic carbocycles. The second-order valence-corrected chi connectivity index (χ2v) is 11.2. The van der Waals surface area contributed by atoms with Gasteiger partial charge in [-0.1, -0.05) is 0 Å². The number of H-pyrrole nitrogens is 1. The van der Waals surface area contributed by atoms with Crippen LogP contribution in [0.2, 0.25) is 0 Å². The Labute approximate surface area is 173 Å². The summed E-state index contributed by atoms with van der Waals surface area (Å²) in [5.74, 6) is 0.810. The number of sulfone groups is 1. The normalized spacial score (nSPS) is 22.3. The first-order valence-corrected chi connectivity index (χ1v) is 12.3. The molecular formula is C18H25N5O4S2. The minimum absolute atomic E-state index is 0.0296. The fraction of sp³-hybridized carbons (Fsp3) is 0.611. The maximum absolute atomic E-state index is 12.4. The molecule has 2 saturated heterocycles. The molecule has 1 unspecified atom stereocenters. The van der Waals surface area contributed by atoms with E-state index in [1.807, 2.05) is 13.8 Å². The fourth-order valence-corrected chi connectivity index (χ4v) is 6.59. The summed E-state index contributed by atoms with van der Waals surface area (Å²) in [4.78, 5) is 38.1. The van der Waals surface area contributed by atoms with E-state index in [0.29, 0.717) is 50.4 Å². The molecule has 1 atom stereocenters. The predicted molar refractivity (Wildman–Crippen MR) is 112 cm³/mol.